The topological polar surface area (TPSA) is 18.5 Å². The summed E-state index contributed by atoms with van der Waals surface area (Å²) in [5.74, 6) is -0.411. The van der Waals surface area contributed by atoms with Gasteiger partial charge >= 0.3 is 0 Å². The Hall–Kier alpha value is 0.360. The predicted molar refractivity (Wildman–Crippen MR) is 60.0 cm³/mol. The summed E-state index contributed by atoms with van der Waals surface area (Å²) in [7, 11) is 0. The molecule has 1 heterocycles. The first-order chi connectivity index (χ1) is 6.09. The van der Waals surface area contributed by atoms with Crippen LogP contribution in [0.5, 0.6) is 0 Å². The Kier molecular flexibility index (Phi) is 4.16. The van der Waals surface area contributed by atoms with Crippen LogP contribution >= 0.6 is 23.5 Å². The van der Waals surface area contributed by atoms with Crippen molar-refractivity contribution < 1.29 is 9.47 Å². The maximum absolute atomic E-state index is 5.56. The molecule has 0 aliphatic carbocycles. The highest BCUT2D eigenvalue weighted by Gasteiger charge is 2.26. The minimum atomic E-state index is -0.411. The molecule has 2 nitrogen and oxygen atoms in total. The lowest BCUT2D eigenvalue weighted by molar-refractivity contribution is -0.225. The molecule has 1 aliphatic rings. The maximum Gasteiger partial charge on any atom is 0.163 e. The summed E-state index contributed by atoms with van der Waals surface area (Å²) in [4.78, 5) is 0. The Morgan fingerprint density at radius 1 is 1.15 bits per heavy atom. The molecule has 0 radical (unpaired) electrons. The van der Waals surface area contributed by atoms with Crippen molar-refractivity contribution in [1.29, 1.82) is 0 Å². The van der Waals surface area contributed by atoms with E-state index in [0.717, 1.165) is 0 Å². The smallest absolute Gasteiger partial charge is 0.163 e. The van der Waals surface area contributed by atoms with Crippen LogP contribution in [0.3, 0.4) is 0 Å². The number of hydrogen-bond donors (Lipinski definition) is 0. The monoisotopic (exact) mass is 220 g/mol. The zero-order chi connectivity index (χ0) is 9.90. The Bertz CT molecular complexity index is 194. The van der Waals surface area contributed by atoms with E-state index >= 15 is 0 Å². The molecule has 0 N–H and O–H groups in total. The van der Waals surface area contributed by atoms with E-state index in [1.165, 1.54) is 9.81 Å². The van der Waals surface area contributed by atoms with Gasteiger partial charge < -0.3 is 9.47 Å². The first-order valence-electron chi connectivity index (χ1n) is 4.17. The van der Waals surface area contributed by atoms with Crippen LogP contribution < -0.4 is 0 Å². The third-order valence-corrected chi connectivity index (χ3v) is 4.17. The molecule has 0 aromatic heterocycles. The van der Waals surface area contributed by atoms with E-state index < -0.39 is 5.79 Å². The minimum absolute atomic E-state index is 0.411. The fraction of sp³-hybridized carbons (Fsp3) is 0.778. The second-order valence-corrected chi connectivity index (χ2v) is 5.17. The van der Waals surface area contributed by atoms with Crippen molar-refractivity contribution in [3.63, 3.8) is 0 Å². The number of thioether (sulfide) groups is 2. The van der Waals surface area contributed by atoms with Crippen LogP contribution in [0, 0.1) is 0 Å². The van der Waals surface area contributed by atoms with E-state index in [1.807, 2.05) is 13.8 Å². The molecule has 13 heavy (non-hydrogen) atoms. The van der Waals surface area contributed by atoms with Gasteiger partial charge in [0.15, 0.2) is 5.79 Å². The van der Waals surface area contributed by atoms with Gasteiger partial charge in [-0.25, -0.2) is 0 Å². The molecule has 0 amide bonds. The van der Waals surface area contributed by atoms with Crippen molar-refractivity contribution in [1.82, 2.24) is 0 Å². The maximum atomic E-state index is 5.56. The number of ether oxygens (including phenoxy) is 2. The second kappa shape index (κ2) is 4.73. The Morgan fingerprint density at radius 3 is 2.00 bits per heavy atom. The molecule has 0 saturated carbocycles. The average molecular weight is 220 g/mol. The molecule has 4 heteroatoms. The lowest BCUT2D eigenvalue weighted by Crippen LogP contribution is -2.35. The molecule has 0 spiro atoms. The van der Waals surface area contributed by atoms with E-state index in [1.54, 1.807) is 23.5 Å². The van der Waals surface area contributed by atoms with E-state index in [0.29, 0.717) is 13.2 Å². The van der Waals surface area contributed by atoms with Gasteiger partial charge in [-0.3, -0.25) is 0 Å². The highest BCUT2D eigenvalue weighted by Crippen LogP contribution is 2.31. The molecule has 1 rings (SSSR count). The lowest BCUT2D eigenvalue weighted by atomic mass is 10.3. The lowest BCUT2D eigenvalue weighted by Gasteiger charge is -2.32. The van der Waals surface area contributed by atoms with Gasteiger partial charge in [0.2, 0.25) is 0 Å². The Morgan fingerprint density at radius 2 is 1.62 bits per heavy atom. The molecule has 1 fully saturated rings. The average Bonchev–Trinajstić information content (AvgIpc) is 2.09. The van der Waals surface area contributed by atoms with Gasteiger partial charge in [-0.15, -0.1) is 23.5 Å². The fourth-order valence-electron chi connectivity index (χ4n) is 1.10. The summed E-state index contributed by atoms with van der Waals surface area (Å²) >= 11 is 3.52. The SMILES string of the molecule is CSC(SC)=C1COC(C)(C)OC1. The molecule has 0 bridgehead atoms. The fourth-order valence-corrected chi connectivity index (χ4v) is 2.57. The number of hydrogen-bond acceptors (Lipinski definition) is 4. The van der Waals surface area contributed by atoms with Crippen molar-refractivity contribution in [2.75, 3.05) is 25.7 Å². The van der Waals surface area contributed by atoms with E-state index in [4.69, 9.17) is 9.47 Å². The number of rotatable bonds is 2. The third kappa shape index (κ3) is 3.20. The zero-order valence-electron chi connectivity index (χ0n) is 8.55. The van der Waals surface area contributed by atoms with Crippen LogP contribution in [0.15, 0.2) is 9.81 Å². The molecule has 0 aromatic carbocycles. The van der Waals surface area contributed by atoms with E-state index in [2.05, 4.69) is 12.5 Å². The molecule has 1 aliphatic heterocycles. The summed E-state index contributed by atoms with van der Waals surface area (Å²) in [6.07, 6.45) is 4.16. The zero-order valence-corrected chi connectivity index (χ0v) is 10.2. The molecule has 1 saturated heterocycles. The predicted octanol–water partition coefficient (Wildman–Crippen LogP) is 2.71. The molecular weight excluding hydrogens is 204 g/mol. The molecule has 0 atom stereocenters. The quantitative estimate of drug-likeness (QED) is 0.712. The third-order valence-electron chi connectivity index (χ3n) is 1.85. The van der Waals surface area contributed by atoms with Crippen molar-refractivity contribution in [3.8, 4) is 0 Å². The standard InChI is InChI=1S/C9H16O2S2/c1-9(2)10-5-7(6-11-9)8(12-3)13-4/h5-6H2,1-4H3. The summed E-state index contributed by atoms with van der Waals surface area (Å²) < 4.78 is 12.4. The highest BCUT2D eigenvalue weighted by molar-refractivity contribution is 8.21. The van der Waals surface area contributed by atoms with Gasteiger partial charge in [0.1, 0.15) is 0 Å². The van der Waals surface area contributed by atoms with Gasteiger partial charge in [-0.1, -0.05) is 0 Å². The first kappa shape index (κ1) is 11.4. The summed E-state index contributed by atoms with van der Waals surface area (Å²) in [5.41, 5.74) is 1.26. The van der Waals surface area contributed by atoms with Crippen LogP contribution in [0.2, 0.25) is 0 Å². The second-order valence-electron chi connectivity index (χ2n) is 3.28. The van der Waals surface area contributed by atoms with E-state index in [-0.39, 0.29) is 0 Å². The van der Waals surface area contributed by atoms with Crippen molar-refractivity contribution in [2.45, 2.75) is 19.6 Å². The Labute approximate surface area is 88.4 Å². The summed E-state index contributed by atoms with van der Waals surface area (Å²) in [6, 6.07) is 0. The molecule has 0 unspecified atom stereocenters. The van der Waals surface area contributed by atoms with Crippen LogP contribution in [0.4, 0.5) is 0 Å². The molecule has 76 valence electrons. The summed E-state index contributed by atoms with van der Waals surface area (Å²) in [5, 5.41) is 0. The minimum Gasteiger partial charge on any atom is -0.346 e. The van der Waals surface area contributed by atoms with Crippen molar-refractivity contribution in [2.24, 2.45) is 0 Å². The van der Waals surface area contributed by atoms with Crippen molar-refractivity contribution in [3.05, 3.63) is 9.81 Å². The van der Waals surface area contributed by atoms with Gasteiger partial charge in [0.25, 0.3) is 0 Å². The van der Waals surface area contributed by atoms with Gasteiger partial charge in [0.05, 0.1) is 13.2 Å². The largest absolute Gasteiger partial charge is 0.346 e. The molecule has 0 aromatic rings. The molecular formula is C9H16O2S2. The van der Waals surface area contributed by atoms with Crippen LogP contribution in [-0.2, 0) is 9.47 Å². The van der Waals surface area contributed by atoms with Crippen LogP contribution in [0.1, 0.15) is 13.8 Å². The van der Waals surface area contributed by atoms with Gasteiger partial charge in [0, 0.05) is 9.81 Å². The van der Waals surface area contributed by atoms with Crippen LogP contribution in [-0.4, -0.2) is 31.5 Å². The van der Waals surface area contributed by atoms with Gasteiger partial charge in [-0.2, -0.15) is 0 Å². The van der Waals surface area contributed by atoms with Crippen molar-refractivity contribution >= 4 is 23.5 Å². The highest BCUT2D eigenvalue weighted by atomic mass is 32.2. The van der Waals surface area contributed by atoms with Crippen LogP contribution in [0.25, 0.3) is 0 Å². The first-order valence-corrected chi connectivity index (χ1v) is 6.62. The van der Waals surface area contributed by atoms with E-state index in [9.17, 15) is 0 Å². The Balaban J connectivity index is 2.62. The normalized spacial score (nSPS) is 21.7. The van der Waals surface area contributed by atoms with Gasteiger partial charge in [-0.05, 0) is 26.4 Å². The summed E-state index contributed by atoms with van der Waals surface area (Å²) in [6.45, 7) is 5.29.